The third-order valence-electron chi connectivity index (χ3n) is 3.58. The predicted octanol–water partition coefficient (Wildman–Crippen LogP) is 0.609. The smallest absolute Gasteiger partial charge is 0.355 e. The number of ether oxygens (including phenoxy) is 1. The summed E-state index contributed by atoms with van der Waals surface area (Å²) in [5, 5.41) is 0. The number of carbonyl (C=O) groups is 1. The van der Waals surface area contributed by atoms with Crippen LogP contribution in [0.2, 0.25) is 0 Å². The summed E-state index contributed by atoms with van der Waals surface area (Å²) >= 11 is 0. The zero-order valence-electron chi connectivity index (χ0n) is 12.7. The molecule has 0 bridgehead atoms. The van der Waals surface area contributed by atoms with E-state index < -0.39 is 16.2 Å². The van der Waals surface area contributed by atoms with Crippen molar-refractivity contribution in [2.24, 2.45) is 11.4 Å². The summed E-state index contributed by atoms with van der Waals surface area (Å²) in [6.45, 7) is 0. The Hall–Kier alpha value is -2.68. The van der Waals surface area contributed by atoms with Crippen molar-refractivity contribution in [2.45, 2.75) is 0 Å². The fourth-order valence-electron chi connectivity index (χ4n) is 2.33. The minimum absolute atomic E-state index is 0.0854. The van der Waals surface area contributed by atoms with E-state index in [1.807, 2.05) is 24.3 Å². The molecule has 0 saturated heterocycles. The molecule has 1 aromatic heterocycles. The maximum absolute atomic E-state index is 12.2. The zero-order valence-corrected chi connectivity index (χ0v) is 13.5. The first-order valence-electron chi connectivity index (χ1n) is 6.66. The highest BCUT2D eigenvalue weighted by Crippen LogP contribution is 2.22. The number of esters is 1. The van der Waals surface area contributed by atoms with Gasteiger partial charge in [-0.05, 0) is 12.1 Å². The van der Waals surface area contributed by atoms with E-state index in [4.69, 9.17) is 0 Å². The molecule has 0 N–H and O–H groups in total. The molecule has 1 aliphatic heterocycles. The van der Waals surface area contributed by atoms with Crippen LogP contribution in [0.15, 0.2) is 40.4 Å². The molecule has 23 heavy (non-hydrogen) atoms. The van der Waals surface area contributed by atoms with Crippen LogP contribution in [0.3, 0.4) is 0 Å². The van der Waals surface area contributed by atoms with Crippen LogP contribution in [0.4, 0.5) is 0 Å². The maximum Gasteiger partial charge on any atom is 0.355 e. The SMILES string of the molecule is COC(=O)C1=CC(c2nc3ccccc3n2C)=NS(=O)(=O)N1C. The van der Waals surface area contributed by atoms with E-state index in [9.17, 15) is 13.2 Å². The van der Waals surface area contributed by atoms with E-state index in [1.165, 1.54) is 20.2 Å². The lowest BCUT2D eigenvalue weighted by molar-refractivity contribution is -0.137. The second kappa shape index (κ2) is 5.20. The largest absolute Gasteiger partial charge is 0.464 e. The Kier molecular flexibility index (Phi) is 3.44. The molecule has 120 valence electrons. The number of nitrogens with zero attached hydrogens (tertiary/aromatic N) is 4. The molecule has 1 aromatic carbocycles. The van der Waals surface area contributed by atoms with Gasteiger partial charge in [-0.3, -0.25) is 0 Å². The van der Waals surface area contributed by atoms with Crippen LogP contribution >= 0.6 is 0 Å². The normalized spacial score (nSPS) is 16.9. The summed E-state index contributed by atoms with van der Waals surface area (Å²) in [6.07, 6.45) is 1.36. The summed E-state index contributed by atoms with van der Waals surface area (Å²) in [5.41, 5.74) is 1.50. The van der Waals surface area contributed by atoms with Gasteiger partial charge in [-0.1, -0.05) is 12.1 Å². The number of rotatable bonds is 2. The van der Waals surface area contributed by atoms with Crippen molar-refractivity contribution in [1.82, 2.24) is 13.9 Å². The second-order valence-electron chi connectivity index (χ2n) is 4.93. The molecule has 0 unspecified atom stereocenters. The number of allylic oxidation sites excluding steroid dienone is 1. The number of aromatic nitrogens is 2. The molecule has 3 rings (SSSR count). The number of hydrogen-bond donors (Lipinski definition) is 0. The monoisotopic (exact) mass is 334 g/mol. The Morgan fingerprint density at radius 3 is 2.57 bits per heavy atom. The van der Waals surface area contributed by atoms with Crippen LogP contribution in [0.5, 0.6) is 0 Å². The topological polar surface area (TPSA) is 93.9 Å². The zero-order chi connectivity index (χ0) is 16.8. The van der Waals surface area contributed by atoms with Crippen molar-refractivity contribution in [2.75, 3.05) is 14.2 Å². The molecule has 0 saturated carbocycles. The Bertz CT molecular complexity index is 972. The van der Waals surface area contributed by atoms with Crippen molar-refractivity contribution in [3.05, 3.63) is 41.9 Å². The molecule has 0 fully saturated rings. The molecule has 0 spiro atoms. The molecular weight excluding hydrogens is 320 g/mol. The highest BCUT2D eigenvalue weighted by atomic mass is 32.2. The summed E-state index contributed by atoms with van der Waals surface area (Å²) in [4.78, 5) is 16.2. The molecule has 0 amide bonds. The highest BCUT2D eigenvalue weighted by molar-refractivity contribution is 7.88. The molecule has 8 nitrogen and oxygen atoms in total. The van der Waals surface area contributed by atoms with Crippen LogP contribution < -0.4 is 0 Å². The van der Waals surface area contributed by atoms with Gasteiger partial charge in [0.1, 0.15) is 11.4 Å². The van der Waals surface area contributed by atoms with Crippen molar-refractivity contribution >= 4 is 32.9 Å². The molecule has 2 aromatic rings. The van der Waals surface area contributed by atoms with Crippen LogP contribution in [-0.4, -0.2) is 48.1 Å². The first-order chi connectivity index (χ1) is 10.8. The first-order valence-corrected chi connectivity index (χ1v) is 8.05. The second-order valence-corrected chi connectivity index (χ2v) is 6.55. The molecule has 0 atom stereocenters. The minimum atomic E-state index is -4.02. The predicted molar refractivity (Wildman–Crippen MR) is 84.0 cm³/mol. The maximum atomic E-state index is 12.2. The standard InChI is InChI=1S/C14H14N4O4S/c1-17-11-7-5-4-6-9(11)15-13(17)10-8-12(14(19)22-3)18(2)23(20,21)16-10/h4-8H,1-3H3. The van der Waals surface area contributed by atoms with Crippen molar-refractivity contribution in [3.63, 3.8) is 0 Å². The van der Waals surface area contributed by atoms with Crippen LogP contribution in [0, 0.1) is 0 Å². The van der Waals surface area contributed by atoms with Gasteiger partial charge in [-0.2, -0.15) is 8.42 Å². The van der Waals surface area contributed by atoms with E-state index >= 15 is 0 Å². The van der Waals surface area contributed by atoms with Gasteiger partial charge in [-0.25, -0.2) is 14.1 Å². The number of likely N-dealkylation sites (N-methyl/N-ethyl adjacent to an activating group) is 1. The van der Waals surface area contributed by atoms with Crippen LogP contribution in [0.1, 0.15) is 5.82 Å². The number of imidazole rings is 1. The molecular formula is C14H14N4O4S. The van der Waals surface area contributed by atoms with Gasteiger partial charge in [0.15, 0.2) is 5.82 Å². The Morgan fingerprint density at radius 2 is 1.91 bits per heavy atom. The molecule has 1 aliphatic rings. The number of benzene rings is 1. The van der Waals surface area contributed by atoms with Gasteiger partial charge in [0.2, 0.25) is 0 Å². The van der Waals surface area contributed by atoms with Crippen molar-refractivity contribution in [3.8, 4) is 0 Å². The van der Waals surface area contributed by atoms with E-state index in [0.717, 1.165) is 9.82 Å². The summed E-state index contributed by atoms with van der Waals surface area (Å²) in [7, 11) is 0.163. The number of para-hydroxylation sites is 2. The fraction of sp³-hybridized carbons (Fsp3) is 0.214. The van der Waals surface area contributed by atoms with E-state index in [-0.39, 0.29) is 11.4 Å². The number of hydrogen-bond acceptors (Lipinski definition) is 5. The number of carbonyl (C=O) groups excluding carboxylic acids is 1. The van der Waals surface area contributed by atoms with Gasteiger partial charge < -0.3 is 9.30 Å². The molecule has 0 aliphatic carbocycles. The van der Waals surface area contributed by atoms with E-state index in [0.29, 0.717) is 11.3 Å². The van der Waals surface area contributed by atoms with Crippen molar-refractivity contribution in [1.29, 1.82) is 0 Å². The van der Waals surface area contributed by atoms with Gasteiger partial charge in [0.25, 0.3) is 0 Å². The fourth-order valence-corrected chi connectivity index (χ4v) is 3.21. The average Bonchev–Trinajstić information content (AvgIpc) is 2.86. The summed E-state index contributed by atoms with van der Waals surface area (Å²) in [5.74, 6) is -0.411. The van der Waals surface area contributed by atoms with Gasteiger partial charge in [0.05, 0.1) is 18.1 Å². The number of fused-ring (bicyclic) bond motifs is 1. The molecule has 2 heterocycles. The Balaban J connectivity index is 2.23. The first kappa shape index (κ1) is 15.2. The summed E-state index contributed by atoms with van der Waals surface area (Å²) in [6, 6.07) is 7.37. The average molecular weight is 334 g/mol. The van der Waals surface area contributed by atoms with Gasteiger partial charge in [-0.15, -0.1) is 4.40 Å². The summed E-state index contributed by atoms with van der Waals surface area (Å²) < 4.78 is 35.2. The third kappa shape index (κ3) is 2.38. The lowest BCUT2D eigenvalue weighted by atomic mass is 10.2. The molecule has 0 radical (unpaired) electrons. The van der Waals surface area contributed by atoms with Crippen molar-refractivity contribution < 1.29 is 17.9 Å². The highest BCUT2D eigenvalue weighted by Gasteiger charge is 2.31. The number of methoxy groups -OCH3 is 1. The van der Waals surface area contributed by atoms with Gasteiger partial charge in [0, 0.05) is 20.2 Å². The lowest BCUT2D eigenvalue weighted by Crippen LogP contribution is -2.34. The Morgan fingerprint density at radius 1 is 1.22 bits per heavy atom. The van der Waals surface area contributed by atoms with Gasteiger partial charge >= 0.3 is 16.2 Å². The number of aryl methyl sites for hydroxylation is 1. The van der Waals surface area contributed by atoms with E-state index in [2.05, 4.69) is 14.1 Å². The minimum Gasteiger partial charge on any atom is -0.464 e. The third-order valence-corrected chi connectivity index (χ3v) is 4.90. The van der Waals surface area contributed by atoms with E-state index in [1.54, 1.807) is 11.6 Å². The Labute approximate surface area is 132 Å². The molecule has 9 heteroatoms. The quantitative estimate of drug-likeness (QED) is 0.750. The lowest BCUT2D eigenvalue weighted by Gasteiger charge is -2.22. The van der Waals surface area contributed by atoms with Crippen LogP contribution in [0.25, 0.3) is 11.0 Å². The van der Waals surface area contributed by atoms with Crippen LogP contribution in [-0.2, 0) is 26.8 Å².